The number of nitrogens with one attached hydrogen (secondary N) is 2. The fraction of sp³-hybridized carbons (Fsp3) is 0.417. The van der Waals surface area contributed by atoms with Gasteiger partial charge in [-0.2, -0.15) is 4.72 Å². The maximum absolute atomic E-state index is 13.3. The molecule has 8 heteroatoms. The molecule has 1 saturated heterocycles. The Hall–Kier alpha value is -2.71. The Balaban J connectivity index is 1.58. The molecule has 0 aliphatic carbocycles. The van der Waals surface area contributed by atoms with E-state index in [-0.39, 0.29) is 23.1 Å². The summed E-state index contributed by atoms with van der Waals surface area (Å²) >= 11 is 0. The molecule has 32 heavy (non-hydrogen) atoms. The second-order valence-corrected chi connectivity index (χ2v) is 10.5. The second-order valence-electron chi connectivity index (χ2n) is 8.74. The van der Waals surface area contributed by atoms with Crippen LogP contribution in [0.5, 0.6) is 0 Å². The molecule has 1 fully saturated rings. The number of nitrogens with zero attached hydrogens (tertiary/aromatic N) is 1. The van der Waals surface area contributed by atoms with E-state index < -0.39 is 16.1 Å². The Kier molecular flexibility index (Phi) is 6.62. The van der Waals surface area contributed by atoms with Crippen LogP contribution < -0.4 is 10.0 Å². The third-order valence-corrected chi connectivity index (χ3v) is 7.73. The molecule has 0 unspecified atom stereocenters. The van der Waals surface area contributed by atoms with Gasteiger partial charge in [0.25, 0.3) is 0 Å². The molecule has 0 bridgehead atoms. The van der Waals surface area contributed by atoms with Crippen molar-refractivity contribution in [2.75, 3.05) is 18.4 Å². The van der Waals surface area contributed by atoms with Gasteiger partial charge in [-0.05, 0) is 60.9 Å². The summed E-state index contributed by atoms with van der Waals surface area (Å²) in [6, 6.07) is 13.2. The van der Waals surface area contributed by atoms with Gasteiger partial charge in [0, 0.05) is 25.2 Å². The van der Waals surface area contributed by atoms with Gasteiger partial charge in [0.05, 0.1) is 4.90 Å². The van der Waals surface area contributed by atoms with Gasteiger partial charge < -0.3 is 10.2 Å². The summed E-state index contributed by atoms with van der Waals surface area (Å²) in [5.41, 5.74) is 2.31. The van der Waals surface area contributed by atoms with E-state index in [2.05, 4.69) is 17.0 Å². The van der Waals surface area contributed by atoms with E-state index in [0.29, 0.717) is 37.5 Å². The number of anilines is 1. The van der Waals surface area contributed by atoms with Crippen LogP contribution in [0.3, 0.4) is 0 Å². The second kappa shape index (κ2) is 9.42. The van der Waals surface area contributed by atoms with Crippen LogP contribution in [0.25, 0.3) is 0 Å². The number of carbonyl (C=O) groups is 2. The lowest BCUT2D eigenvalue weighted by Crippen LogP contribution is -2.51. The third kappa shape index (κ3) is 5.19. The van der Waals surface area contributed by atoms with E-state index >= 15 is 0 Å². The standard InChI is InChI=1S/C24H29N3O4S/c1-17-11-13-27(14-12-17)24(29)22(15-18-5-3-2-4-6-18)26-32(30,31)20-8-9-21-19(16-20)7-10-23(28)25-21/h2-6,8-9,16-17,22,26H,7,10-15H2,1H3,(H,25,28)/t22-/m0/s1. The molecule has 2 aliphatic heterocycles. The number of amides is 2. The van der Waals surface area contributed by atoms with Crippen LogP contribution in [0.2, 0.25) is 0 Å². The molecule has 2 N–H and O–H groups in total. The van der Waals surface area contributed by atoms with Crippen molar-refractivity contribution in [3.63, 3.8) is 0 Å². The molecule has 2 aromatic rings. The number of hydrogen-bond acceptors (Lipinski definition) is 4. The first kappa shape index (κ1) is 22.5. The van der Waals surface area contributed by atoms with Crippen LogP contribution in [0.4, 0.5) is 5.69 Å². The highest BCUT2D eigenvalue weighted by atomic mass is 32.2. The molecule has 7 nitrogen and oxygen atoms in total. The summed E-state index contributed by atoms with van der Waals surface area (Å²) in [6.07, 6.45) is 2.95. The molecular weight excluding hydrogens is 426 g/mol. The molecule has 0 saturated carbocycles. The molecule has 1 atom stereocenters. The maximum atomic E-state index is 13.3. The third-order valence-electron chi connectivity index (χ3n) is 6.26. The van der Waals surface area contributed by atoms with Gasteiger partial charge in [-0.15, -0.1) is 0 Å². The average Bonchev–Trinajstić information content (AvgIpc) is 2.79. The Labute approximate surface area is 189 Å². The number of carbonyl (C=O) groups excluding carboxylic acids is 2. The van der Waals surface area contributed by atoms with E-state index in [1.165, 1.54) is 6.07 Å². The Morgan fingerprint density at radius 2 is 1.84 bits per heavy atom. The molecule has 0 aromatic heterocycles. The predicted octanol–water partition coefficient (Wildman–Crippen LogP) is 2.72. The SMILES string of the molecule is CC1CCN(C(=O)[C@H](Cc2ccccc2)NS(=O)(=O)c2ccc3c(c2)CCC(=O)N3)CC1. The van der Waals surface area contributed by atoms with Crippen molar-refractivity contribution in [3.05, 3.63) is 59.7 Å². The number of sulfonamides is 1. The smallest absolute Gasteiger partial charge is 0.241 e. The lowest BCUT2D eigenvalue weighted by Gasteiger charge is -2.33. The van der Waals surface area contributed by atoms with Crippen molar-refractivity contribution in [2.45, 2.75) is 50.0 Å². The largest absolute Gasteiger partial charge is 0.341 e. The van der Waals surface area contributed by atoms with Crippen molar-refractivity contribution in [1.29, 1.82) is 0 Å². The maximum Gasteiger partial charge on any atom is 0.241 e. The van der Waals surface area contributed by atoms with Gasteiger partial charge in [0.15, 0.2) is 0 Å². The van der Waals surface area contributed by atoms with Crippen molar-refractivity contribution in [2.24, 2.45) is 5.92 Å². The Bertz CT molecular complexity index is 1090. The highest BCUT2D eigenvalue weighted by Crippen LogP contribution is 2.26. The van der Waals surface area contributed by atoms with Gasteiger partial charge in [-0.3, -0.25) is 9.59 Å². The first-order chi connectivity index (χ1) is 15.3. The minimum atomic E-state index is -3.93. The van der Waals surface area contributed by atoms with E-state index in [9.17, 15) is 18.0 Å². The van der Waals surface area contributed by atoms with Gasteiger partial charge in [-0.1, -0.05) is 37.3 Å². The first-order valence-electron chi connectivity index (χ1n) is 11.1. The van der Waals surface area contributed by atoms with Crippen LogP contribution >= 0.6 is 0 Å². The molecule has 0 radical (unpaired) electrons. The van der Waals surface area contributed by atoms with E-state index in [0.717, 1.165) is 24.0 Å². The van der Waals surface area contributed by atoms with Crippen molar-refractivity contribution in [3.8, 4) is 0 Å². The summed E-state index contributed by atoms with van der Waals surface area (Å²) in [7, 11) is -3.93. The predicted molar refractivity (Wildman–Crippen MR) is 123 cm³/mol. The van der Waals surface area contributed by atoms with E-state index in [1.54, 1.807) is 17.0 Å². The first-order valence-corrected chi connectivity index (χ1v) is 12.6. The number of rotatable bonds is 6. The minimum Gasteiger partial charge on any atom is -0.341 e. The molecule has 2 amide bonds. The quantitative estimate of drug-likeness (QED) is 0.700. The minimum absolute atomic E-state index is 0.0735. The van der Waals surface area contributed by atoms with Crippen LogP contribution in [-0.2, 0) is 32.5 Å². The van der Waals surface area contributed by atoms with Gasteiger partial charge in [-0.25, -0.2) is 8.42 Å². The molecule has 170 valence electrons. The van der Waals surface area contributed by atoms with E-state index in [4.69, 9.17) is 0 Å². The number of piperidine rings is 1. The summed E-state index contributed by atoms with van der Waals surface area (Å²) in [6.45, 7) is 3.46. The van der Waals surface area contributed by atoms with Crippen molar-refractivity contribution < 1.29 is 18.0 Å². The van der Waals surface area contributed by atoms with Crippen molar-refractivity contribution in [1.82, 2.24) is 9.62 Å². The zero-order valence-corrected chi connectivity index (χ0v) is 19.0. The topological polar surface area (TPSA) is 95.6 Å². The Morgan fingerprint density at radius 3 is 2.56 bits per heavy atom. The zero-order valence-electron chi connectivity index (χ0n) is 18.2. The molecule has 4 rings (SSSR count). The normalized spacial score (nSPS) is 18.0. The zero-order chi connectivity index (χ0) is 22.7. The van der Waals surface area contributed by atoms with Crippen LogP contribution in [0, 0.1) is 5.92 Å². The fourth-order valence-electron chi connectivity index (χ4n) is 4.26. The summed E-state index contributed by atoms with van der Waals surface area (Å²) in [5.74, 6) is 0.310. The van der Waals surface area contributed by atoms with E-state index in [1.807, 2.05) is 30.3 Å². The van der Waals surface area contributed by atoms with Crippen molar-refractivity contribution >= 4 is 27.5 Å². The number of benzene rings is 2. The fourth-order valence-corrected chi connectivity index (χ4v) is 5.50. The number of aryl methyl sites for hydroxylation is 1. The molecule has 2 heterocycles. The molecule has 0 spiro atoms. The number of hydrogen-bond donors (Lipinski definition) is 2. The highest BCUT2D eigenvalue weighted by Gasteiger charge is 2.31. The summed E-state index contributed by atoms with van der Waals surface area (Å²) in [4.78, 5) is 26.8. The monoisotopic (exact) mass is 455 g/mol. The van der Waals surface area contributed by atoms with Gasteiger partial charge >= 0.3 is 0 Å². The van der Waals surface area contributed by atoms with Crippen LogP contribution in [0.1, 0.15) is 37.3 Å². The number of fused-ring (bicyclic) bond motifs is 1. The van der Waals surface area contributed by atoms with Crippen LogP contribution in [-0.4, -0.2) is 44.3 Å². The molecule has 2 aromatic carbocycles. The number of likely N-dealkylation sites (tertiary alicyclic amines) is 1. The lowest BCUT2D eigenvalue weighted by molar-refractivity contribution is -0.134. The lowest BCUT2D eigenvalue weighted by atomic mass is 9.98. The van der Waals surface area contributed by atoms with Gasteiger partial charge in [0.2, 0.25) is 21.8 Å². The highest BCUT2D eigenvalue weighted by molar-refractivity contribution is 7.89. The van der Waals surface area contributed by atoms with Gasteiger partial charge in [0.1, 0.15) is 6.04 Å². The van der Waals surface area contributed by atoms with Crippen LogP contribution in [0.15, 0.2) is 53.4 Å². The Morgan fingerprint density at radius 1 is 1.12 bits per heavy atom. The summed E-state index contributed by atoms with van der Waals surface area (Å²) in [5, 5.41) is 2.76. The average molecular weight is 456 g/mol. The molecular formula is C24H29N3O4S. The summed E-state index contributed by atoms with van der Waals surface area (Å²) < 4.78 is 29.2. The molecule has 2 aliphatic rings.